The molecule has 4 rings (SSSR count). The summed E-state index contributed by atoms with van der Waals surface area (Å²) >= 11 is 0. The zero-order chi connectivity index (χ0) is 33.4. The molecule has 11 nitrogen and oxygen atoms in total. The van der Waals surface area contributed by atoms with Gasteiger partial charge in [-0.05, 0) is 51.8 Å². The number of ether oxygens (including phenoxy) is 5. The first-order valence-corrected chi connectivity index (χ1v) is 17.9. The lowest BCUT2D eigenvalue weighted by Gasteiger charge is -2.15. The fourth-order valence-electron chi connectivity index (χ4n) is 5.82. The van der Waals surface area contributed by atoms with Gasteiger partial charge in [0, 0.05) is 6.54 Å². The van der Waals surface area contributed by atoms with E-state index in [4.69, 9.17) is 43.8 Å². The highest BCUT2D eigenvalue weighted by atomic mass is 16.5. The van der Waals surface area contributed by atoms with Crippen LogP contribution >= 0.6 is 0 Å². The Bertz CT molecular complexity index is 1300. The van der Waals surface area contributed by atoms with Gasteiger partial charge in [-0.3, -0.25) is 0 Å². The number of unbranched alkanes of at least 4 members (excludes halogenated alkanes) is 9. The average Bonchev–Trinajstić information content (AvgIpc) is 3.70. The molecule has 262 valence electrons. The average molecular weight is 655 g/mol. The number of hydrogen-bond acceptors (Lipinski definition) is 9. The number of aromatic nitrogens is 6. The summed E-state index contributed by atoms with van der Waals surface area (Å²) in [6.07, 6.45) is 11.8. The standard InChI is InChI=1S/C36H58N6O5/c1-7-8-9-10-11-12-13-14-15-16-21-41-35-29(4)46-24-22-45-28(3)34-38-36(30(5)47-25-23-44-27(2)33(37-35)39-41)42(40-34)26-31-17-19-32(43-6)20-18-31/h17-20,27-30H,7-16,21-26H2,1-6H3/t27-,28-,29-,30-/m0/s1. The molecule has 0 aliphatic carbocycles. The third-order valence-electron chi connectivity index (χ3n) is 8.74. The molecule has 1 aliphatic rings. The van der Waals surface area contributed by atoms with E-state index < -0.39 is 0 Å². The van der Waals surface area contributed by atoms with Gasteiger partial charge in [0.05, 0.1) is 40.1 Å². The second-order valence-corrected chi connectivity index (χ2v) is 12.6. The van der Waals surface area contributed by atoms with Gasteiger partial charge >= 0.3 is 0 Å². The summed E-state index contributed by atoms with van der Waals surface area (Å²) in [7, 11) is 1.66. The van der Waals surface area contributed by atoms with Gasteiger partial charge in [-0.15, -0.1) is 0 Å². The van der Waals surface area contributed by atoms with E-state index in [1.165, 1.54) is 57.8 Å². The Kier molecular flexibility index (Phi) is 15.6. The number of aryl methyl sites for hydroxylation is 1. The van der Waals surface area contributed by atoms with Crippen LogP contribution in [0, 0.1) is 0 Å². The van der Waals surface area contributed by atoms with Crippen molar-refractivity contribution in [3.8, 4) is 5.75 Å². The van der Waals surface area contributed by atoms with Gasteiger partial charge in [-0.25, -0.2) is 19.3 Å². The van der Waals surface area contributed by atoms with Gasteiger partial charge in [-0.2, -0.15) is 10.2 Å². The van der Waals surface area contributed by atoms with Crippen molar-refractivity contribution >= 4 is 0 Å². The highest BCUT2D eigenvalue weighted by Gasteiger charge is 2.24. The van der Waals surface area contributed by atoms with Crippen LogP contribution in [0.5, 0.6) is 5.75 Å². The second-order valence-electron chi connectivity index (χ2n) is 12.6. The van der Waals surface area contributed by atoms with Crippen molar-refractivity contribution in [2.45, 2.75) is 136 Å². The number of methoxy groups -OCH3 is 1. The van der Waals surface area contributed by atoms with Crippen molar-refractivity contribution < 1.29 is 23.7 Å². The van der Waals surface area contributed by atoms with Crippen LogP contribution in [0.25, 0.3) is 0 Å². The molecule has 0 amide bonds. The van der Waals surface area contributed by atoms with Crippen LogP contribution in [-0.2, 0) is 32.0 Å². The van der Waals surface area contributed by atoms with Gasteiger partial charge in [-0.1, -0.05) is 76.8 Å². The van der Waals surface area contributed by atoms with E-state index in [1.54, 1.807) is 7.11 Å². The van der Waals surface area contributed by atoms with E-state index in [-0.39, 0.29) is 24.4 Å². The molecule has 1 aromatic carbocycles. The SMILES string of the molecule is CCCCCCCCCCCCn1nc2nc1[C@H](C)OCCO[C@@H](C)c1nc(n(Cc3ccc(OC)cc3)n1)[C@H](C)OCCO[C@H]2C. The van der Waals surface area contributed by atoms with Gasteiger partial charge in [0.25, 0.3) is 0 Å². The smallest absolute Gasteiger partial charge is 0.179 e. The highest BCUT2D eigenvalue weighted by molar-refractivity contribution is 5.27. The van der Waals surface area contributed by atoms with Crippen molar-refractivity contribution in [2.75, 3.05) is 33.5 Å². The maximum Gasteiger partial charge on any atom is 0.179 e. The van der Waals surface area contributed by atoms with E-state index in [0.29, 0.717) is 44.6 Å². The van der Waals surface area contributed by atoms with E-state index in [2.05, 4.69) is 6.92 Å². The Morgan fingerprint density at radius 2 is 1.06 bits per heavy atom. The van der Waals surface area contributed by atoms with E-state index in [0.717, 1.165) is 35.9 Å². The summed E-state index contributed by atoms with van der Waals surface area (Å²) in [6.45, 7) is 13.2. The molecule has 11 heteroatoms. The van der Waals surface area contributed by atoms with Crippen molar-refractivity contribution in [1.82, 2.24) is 29.5 Å². The Morgan fingerprint density at radius 3 is 1.57 bits per heavy atom. The maximum absolute atomic E-state index is 6.22. The maximum atomic E-state index is 6.22. The Balaban J connectivity index is 1.36. The quantitative estimate of drug-likeness (QED) is 0.161. The summed E-state index contributed by atoms with van der Waals surface area (Å²) in [5.41, 5.74) is 1.08. The topological polar surface area (TPSA) is 108 Å². The predicted octanol–water partition coefficient (Wildman–Crippen LogP) is 7.87. The normalized spacial score (nSPS) is 21.3. The molecule has 3 heterocycles. The van der Waals surface area contributed by atoms with Gasteiger partial charge < -0.3 is 23.7 Å². The Morgan fingerprint density at radius 1 is 0.617 bits per heavy atom. The molecule has 4 bridgehead atoms. The van der Waals surface area contributed by atoms with Crippen molar-refractivity contribution in [3.63, 3.8) is 0 Å². The number of nitrogens with zero attached hydrogens (tertiary/aromatic N) is 6. The lowest BCUT2D eigenvalue weighted by molar-refractivity contribution is -0.0218. The lowest BCUT2D eigenvalue weighted by Crippen LogP contribution is -2.15. The molecule has 2 aromatic heterocycles. The third-order valence-corrected chi connectivity index (χ3v) is 8.74. The fourth-order valence-corrected chi connectivity index (χ4v) is 5.82. The molecule has 3 aromatic rings. The number of hydrogen-bond donors (Lipinski definition) is 0. The summed E-state index contributed by atoms with van der Waals surface area (Å²) in [5, 5.41) is 9.70. The molecule has 0 unspecified atom stereocenters. The number of rotatable bonds is 14. The van der Waals surface area contributed by atoms with Gasteiger partial charge in [0.15, 0.2) is 23.3 Å². The van der Waals surface area contributed by atoms with Crippen LogP contribution in [0.1, 0.15) is 152 Å². The minimum absolute atomic E-state index is 0.234. The Hall–Kier alpha value is -2.86. The lowest BCUT2D eigenvalue weighted by atomic mass is 10.1. The van der Waals surface area contributed by atoms with Crippen LogP contribution in [0.3, 0.4) is 0 Å². The van der Waals surface area contributed by atoms with Crippen LogP contribution in [-0.4, -0.2) is 63.1 Å². The molecule has 47 heavy (non-hydrogen) atoms. The minimum atomic E-state index is -0.313. The first-order chi connectivity index (χ1) is 22.9. The van der Waals surface area contributed by atoms with Crippen LogP contribution < -0.4 is 4.74 Å². The van der Waals surface area contributed by atoms with Crippen LogP contribution in [0.4, 0.5) is 0 Å². The first kappa shape index (κ1) is 37.0. The van der Waals surface area contributed by atoms with Crippen molar-refractivity contribution in [1.29, 1.82) is 0 Å². The van der Waals surface area contributed by atoms with Crippen LogP contribution in [0.15, 0.2) is 24.3 Å². The summed E-state index contributed by atoms with van der Waals surface area (Å²) < 4.78 is 33.9. The zero-order valence-electron chi connectivity index (χ0n) is 29.7. The molecule has 4 atom stereocenters. The predicted molar refractivity (Wildman–Crippen MR) is 181 cm³/mol. The largest absolute Gasteiger partial charge is 0.497 e. The third kappa shape index (κ3) is 11.7. The van der Waals surface area contributed by atoms with Crippen LogP contribution in [0.2, 0.25) is 0 Å². The van der Waals surface area contributed by atoms with E-state index in [9.17, 15) is 0 Å². The molecular formula is C36H58N6O5. The molecule has 0 N–H and O–H groups in total. The molecule has 0 radical (unpaired) electrons. The molecule has 0 fully saturated rings. The summed E-state index contributed by atoms with van der Waals surface area (Å²) in [4.78, 5) is 9.75. The molecule has 0 spiro atoms. The molecular weight excluding hydrogens is 596 g/mol. The van der Waals surface area contributed by atoms with Crippen molar-refractivity contribution in [2.24, 2.45) is 0 Å². The monoisotopic (exact) mass is 654 g/mol. The fraction of sp³-hybridized carbons (Fsp3) is 0.722. The second kappa shape index (κ2) is 19.8. The number of benzene rings is 1. The molecule has 0 saturated heterocycles. The minimum Gasteiger partial charge on any atom is -0.497 e. The van der Waals surface area contributed by atoms with Crippen molar-refractivity contribution in [3.05, 3.63) is 53.1 Å². The Labute approximate surface area is 281 Å². The molecule has 1 aliphatic heterocycles. The van der Waals surface area contributed by atoms with Gasteiger partial charge in [0.2, 0.25) is 0 Å². The number of fused-ring (bicyclic) bond motifs is 4. The molecule has 0 saturated carbocycles. The first-order valence-electron chi connectivity index (χ1n) is 17.9. The summed E-state index contributed by atoms with van der Waals surface area (Å²) in [5.74, 6) is 3.67. The summed E-state index contributed by atoms with van der Waals surface area (Å²) in [6, 6.07) is 7.96. The van der Waals surface area contributed by atoms with E-state index >= 15 is 0 Å². The highest BCUT2D eigenvalue weighted by Crippen LogP contribution is 2.24. The zero-order valence-corrected chi connectivity index (χ0v) is 29.7. The van der Waals surface area contributed by atoms with E-state index in [1.807, 2.05) is 61.3 Å². The van der Waals surface area contributed by atoms with Gasteiger partial charge in [0.1, 0.15) is 30.2 Å².